The van der Waals surface area contributed by atoms with Crippen molar-refractivity contribution in [2.75, 3.05) is 54.5 Å². The summed E-state index contributed by atoms with van der Waals surface area (Å²) in [4.78, 5) is 17.2. The number of fused-ring (bicyclic) bond motifs is 4. The molecule has 3 fully saturated rings. The lowest BCUT2D eigenvalue weighted by atomic mass is 9.73. The van der Waals surface area contributed by atoms with Gasteiger partial charge in [0.1, 0.15) is 18.9 Å². The van der Waals surface area contributed by atoms with Crippen molar-refractivity contribution in [1.29, 1.82) is 0 Å². The van der Waals surface area contributed by atoms with E-state index in [9.17, 15) is 9.90 Å². The number of carbonyl (C=O) groups excluding carboxylic acids is 1. The zero-order valence-corrected chi connectivity index (χ0v) is 21.2. The van der Waals surface area contributed by atoms with Gasteiger partial charge in [-0.15, -0.1) is 6.58 Å². The quantitative estimate of drug-likeness (QED) is 0.380. The van der Waals surface area contributed by atoms with Crippen LogP contribution in [0.2, 0.25) is 0 Å². The number of carbonyl (C=O) groups is 1. The molecule has 0 aliphatic carbocycles. The third kappa shape index (κ3) is 6.56. The first-order valence-electron chi connectivity index (χ1n) is 12.0. The van der Waals surface area contributed by atoms with E-state index < -0.39 is 6.10 Å². The molecular formula is C27H40N3O4+. The van der Waals surface area contributed by atoms with Gasteiger partial charge in [0.2, 0.25) is 0 Å². The van der Waals surface area contributed by atoms with Gasteiger partial charge in [0.25, 0.3) is 0 Å². The van der Waals surface area contributed by atoms with Gasteiger partial charge in [-0.2, -0.15) is 0 Å². The van der Waals surface area contributed by atoms with Gasteiger partial charge in [0, 0.05) is 31.1 Å². The Bertz CT molecular complexity index is 987. The lowest BCUT2D eigenvalue weighted by Crippen LogP contribution is -2.54. The van der Waals surface area contributed by atoms with E-state index in [2.05, 4.69) is 43.7 Å². The van der Waals surface area contributed by atoms with Crippen LogP contribution in [-0.4, -0.2) is 86.0 Å². The van der Waals surface area contributed by atoms with Crippen molar-refractivity contribution in [1.82, 2.24) is 9.88 Å². The van der Waals surface area contributed by atoms with Crippen LogP contribution in [0, 0.1) is 11.8 Å². The van der Waals surface area contributed by atoms with Crippen LogP contribution in [0.25, 0.3) is 10.9 Å². The van der Waals surface area contributed by atoms with E-state index in [1.165, 1.54) is 13.3 Å². The molecule has 0 unspecified atom stereocenters. The predicted octanol–water partition coefficient (Wildman–Crippen LogP) is 3.43. The molecule has 1 aromatic carbocycles. The van der Waals surface area contributed by atoms with E-state index in [-0.39, 0.29) is 12.0 Å². The lowest BCUT2D eigenvalue weighted by molar-refractivity contribution is -0.870. The molecule has 0 radical (unpaired) electrons. The van der Waals surface area contributed by atoms with E-state index in [0.29, 0.717) is 18.4 Å². The Hall–Kier alpha value is -2.48. The number of hydrogen-bond donors (Lipinski definition) is 1. The number of likely N-dealkylation sites (N-methyl/N-ethyl adjacent to an activating group) is 1. The molecule has 7 nitrogen and oxygen atoms in total. The molecule has 0 amide bonds. The highest BCUT2D eigenvalue weighted by molar-refractivity contribution is 5.84. The predicted molar refractivity (Wildman–Crippen MR) is 135 cm³/mol. The van der Waals surface area contributed by atoms with Gasteiger partial charge in [-0.1, -0.05) is 6.08 Å². The van der Waals surface area contributed by atoms with Gasteiger partial charge in [-0.25, -0.2) is 0 Å². The maximum atomic E-state index is 11.2. The summed E-state index contributed by atoms with van der Waals surface area (Å²) in [5.74, 6) is 1.81. The monoisotopic (exact) mass is 470 g/mol. The molecule has 186 valence electrons. The molecule has 4 heterocycles. The van der Waals surface area contributed by atoms with E-state index in [1.807, 2.05) is 24.3 Å². The van der Waals surface area contributed by atoms with Crippen LogP contribution in [0.4, 0.5) is 0 Å². The summed E-state index contributed by atoms with van der Waals surface area (Å²) in [7, 11) is 7.84. The minimum Gasteiger partial charge on any atom is -0.497 e. The molecule has 5 atom stereocenters. The first kappa shape index (κ1) is 26.1. The van der Waals surface area contributed by atoms with Crippen molar-refractivity contribution >= 4 is 16.9 Å². The standard InChI is InChI=1S/C20H24N2O2.C7H16NO2/c1-3-13-12-22-9-7-14(13)10-19(22)20(23)16-6-8-21-18-5-4-15(24-2)11-17(16)18;1-7(9)10-6-5-8(2,3)4/h3-6,8,11,13-14,19-20,23H,1,7,9-10,12H2,2H3;5-6H2,1-4H3/q;+1/t13-,14-,19+,20-;/m0./s1. The van der Waals surface area contributed by atoms with E-state index in [4.69, 9.17) is 9.47 Å². The minimum absolute atomic E-state index is 0.178. The molecule has 3 aliphatic heterocycles. The Morgan fingerprint density at radius 3 is 2.71 bits per heavy atom. The fraction of sp³-hybridized carbons (Fsp3) is 0.556. The average Bonchev–Trinajstić information content (AvgIpc) is 2.82. The van der Waals surface area contributed by atoms with Crippen molar-refractivity contribution in [3.05, 3.63) is 48.7 Å². The number of pyridine rings is 1. The lowest BCUT2D eigenvalue weighted by Gasteiger charge is -2.50. The van der Waals surface area contributed by atoms with Crippen LogP contribution in [0.3, 0.4) is 0 Å². The van der Waals surface area contributed by atoms with Crippen LogP contribution < -0.4 is 4.74 Å². The van der Waals surface area contributed by atoms with E-state index in [1.54, 1.807) is 13.3 Å². The smallest absolute Gasteiger partial charge is 0.302 e. The number of esters is 1. The number of aliphatic hydroxyl groups is 1. The third-order valence-electron chi connectivity index (χ3n) is 6.89. The third-order valence-corrected chi connectivity index (χ3v) is 6.89. The fourth-order valence-electron chi connectivity index (χ4n) is 4.91. The Balaban J connectivity index is 0.000000277. The molecule has 0 saturated carbocycles. The Morgan fingerprint density at radius 2 is 2.12 bits per heavy atom. The van der Waals surface area contributed by atoms with Crippen LogP contribution >= 0.6 is 0 Å². The summed E-state index contributed by atoms with van der Waals surface area (Å²) in [6, 6.07) is 7.96. The zero-order chi connectivity index (χ0) is 24.9. The second-order valence-electron chi connectivity index (χ2n) is 10.3. The molecule has 7 heteroatoms. The summed E-state index contributed by atoms with van der Waals surface area (Å²) in [6.07, 6.45) is 5.62. The van der Waals surface area contributed by atoms with Gasteiger partial charge in [-0.05, 0) is 61.1 Å². The molecule has 0 spiro atoms. The highest BCUT2D eigenvalue weighted by Gasteiger charge is 2.42. The molecule has 3 saturated heterocycles. The number of benzene rings is 1. The summed E-state index contributed by atoms with van der Waals surface area (Å²) >= 11 is 0. The second kappa shape index (κ2) is 11.3. The highest BCUT2D eigenvalue weighted by Crippen LogP contribution is 2.42. The van der Waals surface area contributed by atoms with Gasteiger partial charge in [-0.3, -0.25) is 14.7 Å². The number of hydrogen-bond acceptors (Lipinski definition) is 6. The van der Waals surface area contributed by atoms with Gasteiger partial charge in [0.05, 0.1) is 39.9 Å². The normalized spacial score (nSPS) is 24.6. The topological polar surface area (TPSA) is 71.9 Å². The summed E-state index contributed by atoms with van der Waals surface area (Å²) < 4.78 is 10.9. The average molecular weight is 471 g/mol. The number of quaternary nitrogens is 1. The maximum absolute atomic E-state index is 11.2. The number of aromatic nitrogens is 1. The van der Waals surface area contributed by atoms with Crippen LogP contribution in [0.1, 0.15) is 31.4 Å². The van der Waals surface area contributed by atoms with Crippen molar-refractivity contribution < 1.29 is 23.9 Å². The molecule has 1 N–H and O–H groups in total. The number of piperidine rings is 3. The highest BCUT2D eigenvalue weighted by atomic mass is 16.5. The van der Waals surface area contributed by atoms with E-state index >= 15 is 0 Å². The number of aliphatic hydroxyl groups excluding tert-OH is 1. The van der Waals surface area contributed by atoms with E-state index in [0.717, 1.165) is 52.8 Å². The first-order chi connectivity index (χ1) is 16.1. The Labute approximate surface area is 203 Å². The van der Waals surface area contributed by atoms with Crippen LogP contribution in [0.5, 0.6) is 5.75 Å². The molecule has 5 rings (SSSR count). The van der Waals surface area contributed by atoms with Crippen LogP contribution in [-0.2, 0) is 9.53 Å². The van der Waals surface area contributed by atoms with Crippen molar-refractivity contribution in [2.24, 2.45) is 11.8 Å². The van der Waals surface area contributed by atoms with Crippen molar-refractivity contribution in [3.63, 3.8) is 0 Å². The SMILES string of the molecule is C=C[C@H]1C[N@]2CC[C@H]1C[C@@H]2[C@@H](O)c1ccnc2ccc(OC)cc12.CC(=O)OCC[N+](C)(C)C. The largest absolute Gasteiger partial charge is 0.497 e. The number of nitrogens with zero attached hydrogens (tertiary/aromatic N) is 3. The number of rotatable bonds is 7. The molecule has 2 aromatic rings. The second-order valence-corrected chi connectivity index (χ2v) is 10.3. The first-order valence-corrected chi connectivity index (χ1v) is 12.0. The summed E-state index contributed by atoms with van der Waals surface area (Å²) in [6.45, 7) is 8.87. The van der Waals surface area contributed by atoms with Gasteiger partial charge in [0.15, 0.2) is 0 Å². The molecule has 34 heavy (non-hydrogen) atoms. The summed E-state index contributed by atoms with van der Waals surface area (Å²) in [5.41, 5.74) is 1.85. The number of methoxy groups -OCH3 is 1. The fourth-order valence-corrected chi connectivity index (χ4v) is 4.91. The summed E-state index contributed by atoms with van der Waals surface area (Å²) in [5, 5.41) is 12.1. The Morgan fingerprint density at radius 1 is 1.35 bits per heavy atom. The van der Waals surface area contributed by atoms with Gasteiger partial charge < -0.3 is 19.1 Å². The van der Waals surface area contributed by atoms with Crippen LogP contribution in [0.15, 0.2) is 43.1 Å². The van der Waals surface area contributed by atoms with Crippen molar-refractivity contribution in [3.8, 4) is 5.75 Å². The molecule has 2 bridgehead atoms. The Kier molecular flexibility index (Phi) is 8.68. The maximum Gasteiger partial charge on any atom is 0.302 e. The molecule has 3 aliphatic rings. The number of ether oxygens (including phenoxy) is 2. The van der Waals surface area contributed by atoms with Gasteiger partial charge >= 0.3 is 5.97 Å². The molecule has 1 aromatic heterocycles. The minimum atomic E-state index is -0.504. The van der Waals surface area contributed by atoms with Crippen molar-refractivity contribution in [2.45, 2.75) is 31.9 Å². The molecular weight excluding hydrogens is 430 g/mol. The zero-order valence-electron chi connectivity index (χ0n) is 21.2.